The zero-order valence-electron chi connectivity index (χ0n) is 14.5. The van der Waals surface area contributed by atoms with E-state index < -0.39 is 18.8 Å². The molecule has 0 aromatic heterocycles. The van der Waals surface area contributed by atoms with Gasteiger partial charge in [-0.25, -0.2) is 0 Å². The summed E-state index contributed by atoms with van der Waals surface area (Å²) in [6.07, 6.45) is -1.04. The molecule has 142 valence electrons. The van der Waals surface area contributed by atoms with E-state index in [0.29, 0.717) is 18.4 Å². The SMILES string of the molecule is COc1cc([C@H](O)[C@H](CO)Oc2ccc(CCCO)cc2O)ccc1O. The Morgan fingerprint density at radius 2 is 1.73 bits per heavy atom. The predicted molar refractivity (Wildman–Crippen MR) is 94.6 cm³/mol. The van der Waals surface area contributed by atoms with Crippen molar-refractivity contribution in [2.24, 2.45) is 0 Å². The van der Waals surface area contributed by atoms with Gasteiger partial charge in [-0.2, -0.15) is 0 Å². The van der Waals surface area contributed by atoms with Crippen LogP contribution in [0.5, 0.6) is 23.0 Å². The molecule has 26 heavy (non-hydrogen) atoms. The lowest BCUT2D eigenvalue weighted by atomic mass is 10.0. The minimum absolute atomic E-state index is 0.0634. The third kappa shape index (κ3) is 4.78. The zero-order chi connectivity index (χ0) is 19.1. The van der Waals surface area contributed by atoms with Crippen LogP contribution in [0.3, 0.4) is 0 Å². The number of aryl methyl sites for hydroxylation is 1. The Balaban J connectivity index is 2.15. The molecule has 0 amide bonds. The van der Waals surface area contributed by atoms with Crippen LogP contribution in [0.1, 0.15) is 23.7 Å². The summed E-state index contributed by atoms with van der Waals surface area (Å²) in [5.74, 6) is 0.131. The van der Waals surface area contributed by atoms with Gasteiger partial charge in [-0.1, -0.05) is 12.1 Å². The monoisotopic (exact) mass is 364 g/mol. The van der Waals surface area contributed by atoms with E-state index in [4.69, 9.17) is 14.6 Å². The quantitative estimate of drug-likeness (QED) is 0.457. The summed E-state index contributed by atoms with van der Waals surface area (Å²) in [5, 5.41) is 48.7. The summed E-state index contributed by atoms with van der Waals surface area (Å²) in [4.78, 5) is 0. The van der Waals surface area contributed by atoms with Crippen LogP contribution in [0, 0.1) is 0 Å². The Kier molecular flexibility index (Phi) is 7.08. The first-order valence-corrected chi connectivity index (χ1v) is 8.25. The number of phenolic OH excluding ortho intramolecular Hbond substituents is 2. The van der Waals surface area contributed by atoms with E-state index in [9.17, 15) is 20.4 Å². The number of aliphatic hydroxyl groups excluding tert-OH is 3. The van der Waals surface area contributed by atoms with Crippen molar-refractivity contribution >= 4 is 0 Å². The molecule has 0 spiro atoms. The molecule has 2 aromatic rings. The van der Waals surface area contributed by atoms with Crippen molar-refractivity contribution < 1.29 is 35.0 Å². The standard InChI is InChI=1S/C19H24O7/c1-25-17-10-13(5-6-14(17)22)19(24)18(11-21)26-16-7-4-12(3-2-8-20)9-15(16)23/h4-7,9-10,18-24H,2-3,8,11H2,1H3/t18-,19-/m0/s1. The van der Waals surface area contributed by atoms with Crippen molar-refractivity contribution in [3.8, 4) is 23.0 Å². The highest BCUT2D eigenvalue weighted by Crippen LogP contribution is 2.33. The number of ether oxygens (including phenoxy) is 2. The fraction of sp³-hybridized carbons (Fsp3) is 0.368. The minimum Gasteiger partial charge on any atom is -0.504 e. The minimum atomic E-state index is -1.21. The highest BCUT2D eigenvalue weighted by atomic mass is 16.5. The number of phenols is 2. The first-order chi connectivity index (χ1) is 12.5. The van der Waals surface area contributed by atoms with Gasteiger partial charge in [0, 0.05) is 6.61 Å². The average Bonchev–Trinajstić information content (AvgIpc) is 2.65. The van der Waals surface area contributed by atoms with Gasteiger partial charge in [0.15, 0.2) is 29.1 Å². The van der Waals surface area contributed by atoms with E-state index in [2.05, 4.69) is 0 Å². The van der Waals surface area contributed by atoms with Gasteiger partial charge in [0.2, 0.25) is 0 Å². The topological polar surface area (TPSA) is 120 Å². The maximum atomic E-state index is 10.5. The Hall–Kier alpha value is -2.48. The number of hydrogen-bond donors (Lipinski definition) is 5. The van der Waals surface area contributed by atoms with Gasteiger partial charge >= 0.3 is 0 Å². The van der Waals surface area contributed by atoms with Gasteiger partial charge < -0.3 is 35.0 Å². The van der Waals surface area contributed by atoms with E-state index in [-0.39, 0.29) is 29.6 Å². The fourth-order valence-corrected chi connectivity index (χ4v) is 2.56. The third-order valence-corrected chi connectivity index (χ3v) is 4.00. The van der Waals surface area contributed by atoms with Crippen LogP contribution in [0.4, 0.5) is 0 Å². The van der Waals surface area contributed by atoms with E-state index >= 15 is 0 Å². The molecule has 0 bridgehead atoms. The Morgan fingerprint density at radius 1 is 0.962 bits per heavy atom. The Morgan fingerprint density at radius 3 is 2.35 bits per heavy atom. The number of aliphatic hydroxyl groups is 3. The second kappa shape index (κ2) is 9.28. The molecular weight excluding hydrogens is 340 g/mol. The van der Waals surface area contributed by atoms with Crippen LogP contribution >= 0.6 is 0 Å². The highest BCUT2D eigenvalue weighted by Gasteiger charge is 2.24. The summed E-state index contributed by atoms with van der Waals surface area (Å²) in [7, 11) is 1.39. The number of rotatable bonds is 9. The fourth-order valence-electron chi connectivity index (χ4n) is 2.56. The number of benzene rings is 2. The number of hydrogen-bond acceptors (Lipinski definition) is 7. The van der Waals surface area contributed by atoms with E-state index in [0.717, 1.165) is 5.56 Å². The molecule has 5 N–H and O–H groups in total. The van der Waals surface area contributed by atoms with Crippen molar-refractivity contribution in [1.29, 1.82) is 0 Å². The van der Waals surface area contributed by atoms with Crippen molar-refractivity contribution in [3.05, 3.63) is 47.5 Å². The molecular formula is C19H24O7. The van der Waals surface area contributed by atoms with Gasteiger partial charge in [0.05, 0.1) is 13.7 Å². The van der Waals surface area contributed by atoms with Gasteiger partial charge in [-0.3, -0.25) is 0 Å². The lowest BCUT2D eigenvalue weighted by Crippen LogP contribution is -2.29. The van der Waals surface area contributed by atoms with Crippen LogP contribution in [-0.2, 0) is 6.42 Å². The second-order valence-corrected chi connectivity index (χ2v) is 5.84. The molecule has 0 aliphatic rings. The molecule has 0 aliphatic heterocycles. The van der Waals surface area contributed by atoms with Crippen LogP contribution in [0.15, 0.2) is 36.4 Å². The summed E-state index contributed by atoms with van der Waals surface area (Å²) >= 11 is 0. The molecule has 0 unspecified atom stereocenters. The van der Waals surface area contributed by atoms with Crippen molar-refractivity contribution in [2.75, 3.05) is 20.3 Å². The van der Waals surface area contributed by atoms with Crippen LogP contribution in [0.2, 0.25) is 0 Å². The summed E-state index contributed by atoms with van der Waals surface area (Å²) < 4.78 is 10.6. The zero-order valence-corrected chi connectivity index (χ0v) is 14.5. The normalized spacial score (nSPS) is 13.2. The summed E-state index contributed by atoms with van der Waals surface area (Å²) in [5.41, 5.74) is 1.23. The van der Waals surface area contributed by atoms with Gasteiger partial charge in [0.25, 0.3) is 0 Å². The van der Waals surface area contributed by atoms with Crippen LogP contribution in [0.25, 0.3) is 0 Å². The molecule has 0 saturated heterocycles. The summed E-state index contributed by atoms with van der Waals surface area (Å²) in [6, 6.07) is 9.13. The molecule has 0 heterocycles. The Bertz CT molecular complexity index is 717. The van der Waals surface area contributed by atoms with Crippen LogP contribution < -0.4 is 9.47 Å². The van der Waals surface area contributed by atoms with E-state index in [1.54, 1.807) is 12.1 Å². The molecule has 0 radical (unpaired) electrons. The first kappa shape index (κ1) is 19.8. The molecule has 7 nitrogen and oxygen atoms in total. The van der Waals surface area contributed by atoms with Gasteiger partial charge in [0.1, 0.15) is 6.10 Å². The maximum absolute atomic E-state index is 10.5. The first-order valence-electron chi connectivity index (χ1n) is 8.25. The molecule has 0 aliphatic carbocycles. The summed E-state index contributed by atoms with van der Waals surface area (Å²) in [6.45, 7) is -0.427. The molecule has 7 heteroatoms. The molecule has 2 aromatic carbocycles. The van der Waals surface area contributed by atoms with E-state index in [1.807, 2.05) is 0 Å². The predicted octanol–water partition coefficient (Wildman–Crippen LogP) is 1.50. The van der Waals surface area contributed by atoms with Gasteiger partial charge in [-0.05, 0) is 48.2 Å². The maximum Gasteiger partial charge on any atom is 0.161 e. The smallest absolute Gasteiger partial charge is 0.161 e. The highest BCUT2D eigenvalue weighted by molar-refractivity contribution is 5.44. The molecule has 2 atom stereocenters. The van der Waals surface area contributed by atoms with Crippen molar-refractivity contribution in [2.45, 2.75) is 25.0 Å². The lowest BCUT2D eigenvalue weighted by Gasteiger charge is -2.23. The molecule has 2 rings (SSSR count). The van der Waals surface area contributed by atoms with Crippen LogP contribution in [-0.4, -0.2) is 52.0 Å². The van der Waals surface area contributed by atoms with Crippen molar-refractivity contribution in [1.82, 2.24) is 0 Å². The second-order valence-electron chi connectivity index (χ2n) is 5.84. The Labute approximate surface area is 151 Å². The van der Waals surface area contributed by atoms with Gasteiger partial charge in [-0.15, -0.1) is 0 Å². The van der Waals surface area contributed by atoms with Crippen molar-refractivity contribution in [3.63, 3.8) is 0 Å². The third-order valence-electron chi connectivity index (χ3n) is 4.00. The number of methoxy groups -OCH3 is 1. The molecule has 0 fully saturated rings. The van der Waals surface area contributed by atoms with E-state index in [1.165, 1.54) is 31.4 Å². The lowest BCUT2D eigenvalue weighted by molar-refractivity contribution is -0.000499. The average molecular weight is 364 g/mol. The largest absolute Gasteiger partial charge is 0.504 e. The number of aromatic hydroxyl groups is 2. The molecule has 0 saturated carbocycles.